The first-order valence-electron chi connectivity index (χ1n) is 18.4. The van der Waals surface area contributed by atoms with Crippen molar-refractivity contribution < 1.29 is 28.8 Å². The molecule has 2 fully saturated rings. The van der Waals surface area contributed by atoms with Crippen LogP contribution in [0, 0.1) is 6.92 Å². The summed E-state index contributed by atoms with van der Waals surface area (Å²) < 4.78 is 14.3. The minimum atomic E-state index is -1.65. The van der Waals surface area contributed by atoms with Crippen LogP contribution in [0.15, 0.2) is 119 Å². The lowest BCUT2D eigenvalue weighted by Gasteiger charge is -2.16. The number of amides is 2. The molecule has 2 amide bonds. The van der Waals surface area contributed by atoms with E-state index in [-0.39, 0.29) is 29.8 Å². The minimum Gasteiger partial charge on any atom is -0.373 e. The molecule has 2 N–H and O–H groups in total. The van der Waals surface area contributed by atoms with Crippen LogP contribution >= 0.6 is 0 Å². The second-order valence-corrected chi connectivity index (χ2v) is 14.5. The van der Waals surface area contributed by atoms with E-state index in [4.69, 9.17) is 9.05 Å². The molecular weight excluding hydrogens is 727 g/mol. The van der Waals surface area contributed by atoms with Gasteiger partial charge in [0.1, 0.15) is 11.4 Å². The van der Waals surface area contributed by atoms with Gasteiger partial charge < -0.3 is 29.1 Å². The van der Waals surface area contributed by atoms with Crippen LogP contribution in [0.4, 0.5) is 0 Å². The summed E-state index contributed by atoms with van der Waals surface area (Å²) in [6.07, 6.45) is 6.12. The van der Waals surface area contributed by atoms with Crippen molar-refractivity contribution in [2.24, 2.45) is 0 Å². The Morgan fingerprint density at radius 1 is 0.667 bits per heavy atom. The number of carbonyl (C=O) groups excluding carboxylic acids is 2. The maximum atomic E-state index is 12.3. The van der Waals surface area contributed by atoms with Gasteiger partial charge in [-0.1, -0.05) is 46.7 Å². The number of hydrogen-bond acceptors (Lipinski definition) is 11. The summed E-state index contributed by atoms with van der Waals surface area (Å²) in [5.74, 6) is -0.389. The van der Waals surface area contributed by atoms with Gasteiger partial charge >= 0.3 is 0 Å². The van der Waals surface area contributed by atoms with Crippen molar-refractivity contribution in [1.82, 2.24) is 44.3 Å². The van der Waals surface area contributed by atoms with E-state index < -0.39 is 11.2 Å². The molecule has 10 rings (SSSR count). The molecule has 286 valence electrons. The fourth-order valence-corrected chi connectivity index (χ4v) is 7.40. The Kier molecular flexibility index (Phi) is 8.55. The highest BCUT2D eigenvalue weighted by Crippen LogP contribution is 2.37. The number of likely N-dealkylation sites (N-methyl/N-ethyl adjacent to an activating group) is 2. The normalized spacial score (nSPS) is 19.5. The SMILES string of the molecule is CN1CCC(O)(c2cc(-c3cccc(-c4ccn5ncccc45)c3)no2)C1=O.Cc1cn2nc(-c3cccc(-c4cc(C5(O)CCN(C)C5=O)on4)c3)ccc2n1. The lowest BCUT2D eigenvalue weighted by atomic mass is 9.97. The Morgan fingerprint density at radius 2 is 1.25 bits per heavy atom. The molecule has 2 aromatic carbocycles. The summed E-state index contributed by atoms with van der Waals surface area (Å²) in [4.78, 5) is 32.0. The number of imidazole rings is 1. The van der Waals surface area contributed by atoms with Crippen LogP contribution in [0.3, 0.4) is 0 Å². The van der Waals surface area contributed by atoms with Gasteiger partial charge in [-0.25, -0.2) is 14.0 Å². The Hall–Kier alpha value is -6.97. The summed E-state index contributed by atoms with van der Waals surface area (Å²) in [5.41, 5.74) is 6.00. The zero-order valence-electron chi connectivity index (χ0n) is 31.3. The van der Waals surface area contributed by atoms with Gasteiger partial charge in [-0.3, -0.25) is 9.59 Å². The fourth-order valence-electron chi connectivity index (χ4n) is 7.40. The third-order valence-corrected chi connectivity index (χ3v) is 10.7. The van der Waals surface area contributed by atoms with E-state index in [1.165, 1.54) is 9.80 Å². The summed E-state index contributed by atoms with van der Waals surface area (Å²) in [6, 6.07) is 28.7. The Morgan fingerprint density at radius 3 is 1.84 bits per heavy atom. The molecule has 8 heterocycles. The van der Waals surface area contributed by atoms with Gasteiger partial charge in [0, 0.05) is 86.8 Å². The van der Waals surface area contributed by atoms with Gasteiger partial charge in [0.2, 0.25) is 11.2 Å². The molecular formula is C42H37N9O6. The lowest BCUT2D eigenvalue weighted by molar-refractivity contribution is -0.145. The predicted octanol–water partition coefficient (Wildman–Crippen LogP) is 5.12. The van der Waals surface area contributed by atoms with Crippen molar-refractivity contribution in [2.75, 3.05) is 27.2 Å². The van der Waals surface area contributed by atoms with E-state index in [1.807, 2.05) is 103 Å². The minimum absolute atomic E-state index is 0.167. The van der Waals surface area contributed by atoms with Gasteiger partial charge in [0.15, 0.2) is 17.2 Å². The molecule has 0 bridgehead atoms. The van der Waals surface area contributed by atoms with Crippen molar-refractivity contribution in [3.05, 3.63) is 127 Å². The van der Waals surface area contributed by atoms with Gasteiger partial charge in [-0.2, -0.15) is 10.2 Å². The highest BCUT2D eigenvalue weighted by atomic mass is 16.5. The summed E-state index contributed by atoms with van der Waals surface area (Å²) in [6.45, 7) is 2.89. The molecule has 8 aromatic rings. The second-order valence-electron chi connectivity index (χ2n) is 14.5. The van der Waals surface area contributed by atoms with Crippen LogP contribution in [-0.2, 0) is 20.8 Å². The summed E-state index contributed by atoms with van der Waals surface area (Å²) >= 11 is 0. The van der Waals surface area contributed by atoms with Crippen molar-refractivity contribution >= 4 is 23.0 Å². The van der Waals surface area contributed by atoms with Crippen molar-refractivity contribution in [2.45, 2.75) is 31.0 Å². The number of aromatic nitrogens is 7. The zero-order chi connectivity index (χ0) is 39.5. The van der Waals surface area contributed by atoms with E-state index in [1.54, 1.807) is 36.9 Å². The van der Waals surface area contributed by atoms with Crippen LogP contribution in [0.2, 0.25) is 0 Å². The van der Waals surface area contributed by atoms with Crippen LogP contribution in [0.25, 0.3) is 56.1 Å². The molecule has 2 aliphatic rings. The monoisotopic (exact) mass is 763 g/mol. The van der Waals surface area contributed by atoms with E-state index in [2.05, 4.69) is 25.5 Å². The van der Waals surface area contributed by atoms with Gasteiger partial charge in [-0.15, -0.1) is 0 Å². The van der Waals surface area contributed by atoms with E-state index >= 15 is 0 Å². The molecule has 0 spiro atoms. The topological polar surface area (TPSA) is 181 Å². The van der Waals surface area contributed by atoms with Crippen molar-refractivity contribution in [3.63, 3.8) is 0 Å². The Labute approximate surface area is 325 Å². The van der Waals surface area contributed by atoms with E-state index in [0.29, 0.717) is 30.9 Å². The highest BCUT2D eigenvalue weighted by molar-refractivity contribution is 5.89. The smallest absolute Gasteiger partial charge is 0.262 e. The zero-order valence-corrected chi connectivity index (χ0v) is 31.3. The van der Waals surface area contributed by atoms with Crippen molar-refractivity contribution in [1.29, 1.82) is 0 Å². The van der Waals surface area contributed by atoms with Crippen LogP contribution in [-0.4, -0.2) is 93.5 Å². The second kappa shape index (κ2) is 13.6. The van der Waals surface area contributed by atoms with Crippen molar-refractivity contribution in [3.8, 4) is 44.9 Å². The van der Waals surface area contributed by atoms with Gasteiger partial charge in [0.25, 0.3) is 11.8 Å². The number of aryl methyl sites for hydroxylation is 1. The molecule has 2 atom stereocenters. The number of likely N-dealkylation sites (tertiary alicyclic amines) is 2. The van der Waals surface area contributed by atoms with Crippen LogP contribution in [0.1, 0.15) is 30.1 Å². The Bertz CT molecular complexity index is 2820. The summed E-state index contributed by atoms with van der Waals surface area (Å²) in [7, 11) is 3.32. The maximum Gasteiger partial charge on any atom is 0.262 e. The third-order valence-electron chi connectivity index (χ3n) is 10.7. The number of hydrogen-bond donors (Lipinski definition) is 2. The first kappa shape index (κ1) is 35.7. The van der Waals surface area contributed by atoms with Crippen LogP contribution < -0.4 is 0 Å². The molecule has 2 saturated heterocycles. The molecule has 0 saturated carbocycles. The molecule has 2 aliphatic heterocycles. The summed E-state index contributed by atoms with van der Waals surface area (Å²) in [5, 5.41) is 38.6. The molecule has 2 unspecified atom stereocenters. The number of fused-ring (bicyclic) bond motifs is 2. The van der Waals surface area contributed by atoms with Gasteiger partial charge in [-0.05, 0) is 55.0 Å². The van der Waals surface area contributed by atoms with Crippen LogP contribution in [0.5, 0.6) is 0 Å². The Balaban J connectivity index is 0.000000148. The largest absolute Gasteiger partial charge is 0.373 e. The molecule has 15 nitrogen and oxygen atoms in total. The average Bonchev–Trinajstić information content (AvgIpc) is 4.10. The molecule has 0 aliphatic carbocycles. The molecule has 15 heteroatoms. The number of carbonyl (C=O) groups is 2. The number of rotatable bonds is 6. The number of nitrogens with zero attached hydrogens (tertiary/aromatic N) is 9. The predicted molar refractivity (Wildman–Crippen MR) is 207 cm³/mol. The first-order valence-corrected chi connectivity index (χ1v) is 18.4. The number of aliphatic hydroxyl groups is 2. The highest BCUT2D eigenvalue weighted by Gasteiger charge is 2.49. The first-order chi connectivity index (χ1) is 27.5. The molecule has 57 heavy (non-hydrogen) atoms. The quantitative estimate of drug-likeness (QED) is 0.230. The van der Waals surface area contributed by atoms with E-state index in [0.717, 1.165) is 50.4 Å². The maximum absolute atomic E-state index is 12.3. The fraction of sp³-hybridized carbons (Fsp3) is 0.214. The lowest BCUT2D eigenvalue weighted by Crippen LogP contribution is -2.35. The molecule has 6 aromatic heterocycles. The third kappa shape index (κ3) is 6.22. The molecule has 0 radical (unpaired) electrons. The van der Waals surface area contributed by atoms with E-state index in [9.17, 15) is 19.8 Å². The average molecular weight is 764 g/mol. The number of benzene rings is 2. The van der Waals surface area contributed by atoms with Gasteiger partial charge in [0.05, 0.1) is 23.1 Å². The standard InChI is InChI=1S/C21H19N5O3.C21H18N4O3/c1-13-12-26-19(22-13)7-6-16(23-26)14-4-3-5-15(10-14)17-11-18(29-24-17)21(28)8-9-25(2)20(21)27;1-24-11-8-21(27,20(24)26)19-13-17(23-28-19)15-5-2-4-14(12-15)16-7-10-25-18(16)6-3-9-22-25/h3-7,10-12,28H,8-9H2,1-2H3;2-7,9-10,12-13,27H,8,11H2,1H3.